The van der Waals surface area contributed by atoms with Gasteiger partial charge in [-0.2, -0.15) is 0 Å². The molecule has 11 nitrogen and oxygen atoms in total. The number of carbonyl (C=O) groups excluding carboxylic acids is 2. The number of phenols is 1. The van der Waals surface area contributed by atoms with Gasteiger partial charge in [-0.25, -0.2) is 0 Å². The second-order valence-electron chi connectivity index (χ2n) is 11.0. The van der Waals surface area contributed by atoms with Gasteiger partial charge in [0.25, 0.3) is 0 Å². The van der Waals surface area contributed by atoms with Gasteiger partial charge in [0.05, 0.1) is 18.6 Å². The molecule has 11 heteroatoms. The van der Waals surface area contributed by atoms with E-state index in [1.165, 1.54) is 12.1 Å². The largest absolute Gasteiger partial charge is 0.508 e. The van der Waals surface area contributed by atoms with E-state index in [9.17, 15) is 30.0 Å². The van der Waals surface area contributed by atoms with Crippen molar-refractivity contribution in [2.75, 3.05) is 6.61 Å². The first-order valence-corrected chi connectivity index (χ1v) is 12.4. The lowest BCUT2D eigenvalue weighted by Gasteiger charge is -2.62. The van der Waals surface area contributed by atoms with Gasteiger partial charge in [0.2, 0.25) is 6.29 Å². The van der Waals surface area contributed by atoms with E-state index in [-0.39, 0.29) is 29.6 Å². The summed E-state index contributed by atoms with van der Waals surface area (Å²) in [6, 6.07) is 6.36. The molecule has 1 aromatic rings. The van der Waals surface area contributed by atoms with Gasteiger partial charge in [-0.1, -0.05) is 19.1 Å². The molecule has 4 N–H and O–H groups in total. The number of carbonyl (C=O) groups is 2. The molecule has 2 saturated carbocycles. The minimum Gasteiger partial charge on any atom is -0.508 e. The second kappa shape index (κ2) is 7.62. The van der Waals surface area contributed by atoms with Gasteiger partial charge in [-0.15, -0.1) is 0 Å². The molecular weight excluding hydrogens is 476 g/mol. The van der Waals surface area contributed by atoms with Crippen LogP contribution in [0.4, 0.5) is 0 Å². The maximum Gasteiger partial charge on any atom is 0.316 e. The number of fused-ring (bicyclic) bond motifs is 3. The molecule has 2 bridgehead atoms. The smallest absolute Gasteiger partial charge is 0.316 e. The van der Waals surface area contributed by atoms with Crippen molar-refractivity contribution in [2.45, 2.75) is 68.5 Å². The number of aromatic hydroxyl groups is 1. The highest BCUT2D eigenvalue weighted by atomic mass is 16.8. The predicted octanol–water partition coefficient (Wildman–Crippen LogP) is -0.604. The van der Waals surface area contributed by atoms with Gasteiger partial charge in [0, 0.05) is 17.8 Å². The summed E-state index contributed by atoms with van der Waals surface area (Å²) in [5.74, 6) is -3.14. The first-order valence-electron chi connectivity index (χ1n) is 12.4. The number of aliphatic hydroxyl groups excluding tert-OH is 3. The molecule has 4 saturated heterocycles. The molecule has 194 valence electrons. The first kappa shape index (κ1) is 22.9. The number of aliphatic hydroxyl groups is 3. The highest BCUT2D eigenvalue weighted by Crippen LogP contribution is 2.73. The van der Waals surface area contributed by atoms with E-state index in [4.69, 9.17) is 23.7 Å². The van der Waals surface area contributed by atoms with Crippen molar-refractivity contribution in [2.24, 2.45) is 29.1 Å². The number of hydrogen-bond donors (Lipinski definition) is 4. The number of phenolic OH excluding ortho intramolecular Hbond substituents is 1. The van der Waals surface area contributed by atoms with E-state index >= 15 is 0 Å². The normalized spacial score (nSPS) is 52.6. The van der Waals surface area contributed by atoms with Crippen LogP contribution in [0.25, 0.3) is 0 Å². The van der Waals surface area contributed by atoms with E-state index in [0.717, 1.165) is 0 Å². The molecule has 6 fully saturated rings. The van der Waals surface area contributed by atoms with Crippen LogP contribution in [0.15, 0.2) is 24.3 Å². The molecule has 14 atom stereocenters. The SMILES string of the molecule is C[C@H]1C[C@@H]2OC(=O)[C@@]34C5O[C@@H](O[C@@H]6O[C@H](CO)[C@@H](O)C(O)C6OC(=O)[C@@H]5[C@H]3c3ccc(O)cc3)[C@H]1[C@H]24. The maximum atomic E-state index is 13.6. The number of benzene rings is 1. The van der Waals surface area contributed by atoms with Crippen LogP contribution in [-0.4, -0.2) is 88.2 Å². The molecule has 7 rings (SSSR count). The van der Waals surface area contributed by atoms with Crippen LogP contribution < -0.4 is 0 Å². The Balaban J connectivity index is 1.37. The summed E-state index contributed by atoms with van der Waals surface area (Å²) in [6.45, 7) is 1.46. The average molecular weight is 504 g/mol. The number of esters is 2. The van der Waals surface area contributed by atoms with E-state index < -0.39 is 78.9 Å². The second-order valence-corrected chi connectivity index (χ2v) is 11.0. The molecule has 3 unspecified atom stereocenters. The van der Waals surface area contributed by atoms with E-state index in [1.54, 1.807) is 12.1 Å². The summed E-state index contributed by atoms with van der Waals surface area (Å²) in [5.41, 5.74) is -0.454. The fourth-order valence-corrected chi connectivity index (χ4v) is 7.92. The molecular formula is C25H28O11. The topological polar surface area (TPSA) is 161 Å². The summed E-state index contributed by atoms with van der Waals surface area (Å²) in [7, 11) is 0. The van der Waals surface area contributed by atoms with Crippen LogP contribution in [0.1, 0.15) is 24.8 Å². The van der Waals surface area contributed by atoms with Gasteiger partial charge in [-0.3, -0.25) is 9.59 Å². The van der Waals surface area contributed by atoms with Gasteiger partial charge in [0.1, 0.15) is 35.6 Å². The summed E-state index contributed by atoms with van der Waals surface area (Å²) in [6.07, 6.45) is -8.37. The third-order valence-electron chi connectivity index (χ3n) is 9.37. The highest BCUT2D eigenvalue weighted by molar-refractivity contribution is 5.90. The lowest BCUT2D eigenvalue weighted by molar-refractivity contribution is -0.374. The van der Waals surface area contributed by atoms with Crippen LogP contribution in [0.5, 0.6) is 5.75 Å². The summed E-state index contributed by atoms with van der Waals surface area (Å²) in [5, 5.41) is 40.7. The quantitative estimate of drug-likeness (QED) is 0.381. The zero-order valence-electron chi connectivity index (χ0n) is 19.4. The third-order valence-corrected chi connectivity index (χ3v) is 9.37. The van der Waals surface area contributed by atoms with Crippen LogP contribution in [0.2, 0.25) is 0 Å². The molecule has 0 radical (unpaired) electrons. The van der Waals surface area contributed by atoms with Gasteiger partial charge < -0.3 is 44.1 Å². The van der Waals surface area contributed by atoms with Gasteiger partial charge in [0.15, 0.2) is 12.4 Å². The van der Waals surface area contributed by atoms with Crippen molar-refractivity contribution < 1.29 is 53.7 Å². The zero-order valence-corrected chi connectivity index (χ0v) is 19.4. The van der Waals surface area contributed by atoms with Crippen molar-refractivity contribution in [3.63, 3.8) is 0 Å². The Morgan fingerprint density at radius 2 is 1.75 bits per heavy atom. The molecule has 1 aromatic carbocycles. The third kappa shape index (κ3) is 2.68. The maximum absolute atomic E-state index is 13.6. The minimum absolute atomic E-state index is 0.0505. The summed E-state index contributed by atoms with van der Waals surface area (Å²) in [4.78, 5) is 27.2. The lowest BCUT2D eigenvalue weighted by Crippen LogP contribution is -2.72. The number of ether oxygens (including phenoxy) is 5. The van der Waals surface area contributed by atoms with Crippen molar-refractivity contribution in [1.29, 1.82) is 0 Å². The molecule has 0 aromatic heterocycles. The van der Waals surface area contributed by atoms with E-state index in [0.29, 0.717) is 12.0 Å². The van der Waals surface area contributed by atoms with Crippen LogP contribution in [-0.2, 0) is 33.3 Å². The zero-order chi connectivity index (χ0) is 25.1. The first-order chi connectivity index (χ1) is 17.3. The standard InChI is InChI=1S/C25H28O11/c1-8-6-11-16-13(8)22-35-20-14(15(25(16,20)24(31)33-11)9-2-4-10(27)5-3-9)21(30)34-19-18(29)17(28)12(7-26)32-23(19)36-22/h2-5,8,11-20,22-23,26-29H,6-7H2,1H3/t8-,11-,12+,13+,14+,15+,16-,17+,18?,19?,20?,22-,23-,25-/m0/s1. The molecule has 4 aliphatic heterocycles. The number of hydrogen-bond acceptors (Lipinski definition) is 11. The molecule has 6 aliphatic rings. The van der Waals surface area contributed by atoms with Crippen LogP contribution in [0, 0.1) is 29.1 Å². The minimum atomic E-state index is -1.57. The van der Waals surface area contributed by atoms with Gasteiger partial charge >= 0.3 is 11.9 Å². The highest BCUT2D eigenvalue weighted by Gasteiger charge is 2.83. The number of rotatable bonds is 2. The molecule has 2 aliphatic carbocycles. The van der Waals surface area contributed by atoms with E-state index in [2.05, 4.69) is 0 Å². The Labute approximate surface area is 205 Å². The van der Waals surface area contributed by atoms with Gasteiger partial charge in [-0.05, 0) is 30.0 Å². The Kier molecular flexibility index (Phi) is 4.84. The van der Waals surface area contributed by atoms with Crippen molar-refractivity contribution >= 4 is 11.9 Å². The van der Waals surface area contributed by atoms with Crippen LogP contribution >= 0.6 is 0 Å². The van der Waals surface area contributed by atoms with E-state index in [1.807, 2.05) is 6.92 Å². The fourth-order valence-electron chi connectivity index (χ4n) is 7.92. The molecule has 0 amide bonds. The van der Waals surface area contributed by atoms with Crippen molar-refractivity contribution in [3.8, 4) is 5.75 Å². The average Bonchev–Trinajstić information content (AvgIpc) is 3.32. The molecule has 1 spiro atoms. The predicted molar refractivity (Wildman–Crippen MR) is 115 cm³/mol. The fraction of sp³-hybridized carbons (Fsp3) is 0.680. The van der Waals surface area contributed by atoms with Crippen molar-refractivity contribution in [3.05, 3.63) is 29.8 Å². The monoisotopic (exact) mass is 504 g/mol. The Hall–Kier alpha value is -2.28. The van der Waals surface area contributed by atoms with Crippen molar-refractivity contribution in [1.82, 2.24) is 0 Å². The Morgan fingerprint density at radius 3 is 2.47 bits per heavy atom. The van der Waals surface area contributed by atoms with Crippen LogP contribution in [0.3, 0.4) is 0 Å². The molecule has 4 heterocycles. The summed E-state index contributed by atoms with van der Waals surface area (Å²) < 4.78 is 30.0. The molecule has 36 heavy (non-hydrogen) atoms. The Morgan fingerprint density at radius 1 is 1.00 bits per heavy atom. The lowest BCUT2D eigenvalue weighted by atomic mass is 9.43. The summed E-state index contributed by atoms with van der Waals surface area (Å²) >= 11 is 0. The Bertz CT molecular complexity index is 1090.